The molecule has 4 atom stereocenters. The number of hydrogen-bond acceptors (Lipinski definition) is 1. The molecule has 2 aromatic carbocycles. The van der Waals surface area contributed by atoms with Crippen molar-refractivity contribution in [2.45, 2.75) is 6.42 Å². The van der Waals surface area contributed by atoms with E-state index < -0.39 is 0 Å². The highest BCUT2D eigenvalue weighted by Crippen LogP contribution is 2.59. The molecule has 0 spiro atoms. The SMILES string of the molecule is O=C1C2C=CC1C1CC2C(c2ccccc2)=C1c1ccccc1. The predicted molar refractivity (Wildman–Crippen MR) is 92.4 cm³/mol. The normalized spacial score (nSPS) is 31.0. The third-order valence-corrected chi connectivity index (χ3v) is 5.76. The summed E-state index contributed by atoms with van der Waals surface area (Å²) in [6.07, 6.45) is 5.45. The van der Waals surface area contributed by atoms with Crippen LogP contribution in [0.3, 0.4) is 0 Å². The van der Waals surface area contributed by atoms with Crippen molar-refractivity contribution in [1.29, 1.82) is 0 Å². The van der Waals surface area contributed by atoms with Crippen LogP contribution in [0.25, 0.3) is 11.1 Å². The van der Waals surface area contributed by atoms with Gasteiger partial charge in [0.1, 0.15) is 5.78 Å². The second kappa shape index (κ2) is 4.79. The molecule has 23 heavy (non-hydrogen) atoms. The highest BCUT2D eigenvalue weighted by atomic mass is 16.1. The van der Waals surface area contributed by atoms with Crippen LogP contribution in [0.4, 0.5) is 0 Å². The Morgan fingerprint density at radius 2 is 1.09 bits per heavy atom. The molecule has 0 saturated heterocycles. The van der Waals surface area contributed by atoms with Crippen LogP contribution < -0.4 is 0 Å². The lowest BCUT2D eigenvalue weighted by atomic mass is 9.74. The number of fused-ring (bicyclic) bond motifs is 6. The number of ketones is 1. The summed E-state index contributed by atoms with van der Waals surface area (Å²) in [5.74, 6) is 1.31. The Hall–Kier alpha value is -2.41. The molecule has 4 unspecified atom stereocenters. The van der Waals surface area contributed by atoms with E-state index in [4.69, 9.17) is 0 Å². The van der Waals surface area contributed by atoms with Crippen LogP contribution in [0.15, 0.2) is 72.8 Å². The lowest BCUT2D eigenvalue weighted by Crippen LogP contribution is -2.31. The van der Waals surface area contributed by atoms with Crippen molar-refractivity contribution in [3.8, 4) is 0 Å². The predicted octanol–water partition coefficient (Wildman–Crippen LogP) is 4.62. The molecule has 0 aromatic heterocycles. The summed E-state index contributed by atoms with van der Waals surface area (Å²) in [5.41, 5.74) is 5.39. The lowest BCUT2D eigenvalue weighted by molar-refractivity contribution is -0.126. The van der Waals surface area contributed by atoms with Gasteiger partial charge in [-0.3, -0.25) is 4.79 Å². The molecule has 3 aliphatic rings. The van der Waals surface area contributed by atoms with E-state index in [9.17, 15) is 4.79 Å². The van der Waals surface area contributed by atoms with Gasteiger partial charge in [0.25, 0.3) is 0 Å². The molecular weight excluding hydrogens is 280 g/mol. The molecule has 1 heteroatoms. The van der Waals surface area contributed by atoms with Crippen molar-refractivity contribution in [3.05, 3.63) is 83.9 Å². The fourth-order valence-corrected chi connectivity index (χ4v) is 4.85. The van der Waals surface area contributed by atoms with Gasteiger partial charge in [0.2, 0.25) is 0 Å². The highest BCUT2D eigenvalue weighted by Gasteiger charge is 2.52. The molecule has 112 valence electrons. The number of hydrogen-bond donors (Lipinski definition) is 0. The average molecular weight is 298 g/mol. The molecule has 3 aliphatic carbocycles. The molecule has 2 aromatic rings. The van der Waals surface area contributed by atoms with Crippen LogP contribution in [0.5, 0.6) is 0 Å². The fraction of sp³-hybridized carbons (Fsp3) is 0.227. The first kappa shape index (κ1) is 13.1. The standard InChI is InChI=1S/C22H18O/c23-22-16-11-12-17(22)19-13-18(16)20(14-7-3-1-4-8-14)21(19)15-9-5-2-6-10-15/h1-12,16-19H,13H2. The number of allylic oxidation sites excluding steroid dienone is 4. The van der Waals surface area contributed by atoms with Gasteiger partial charge in [-0.25, -0.2) is 0 Å². The van der Waals surface area contributed by atoms with Gasteiger partial charge < -0.3 is 0 Å². The van der Waals surface area contributed by atoms with Crippen molar-refractivity contribution in [3.63, 3.8) is 0 Å². The van der Waals surface area contributed by atoms with Crippen LogP contribution in [0.2, 0.25) is 0 Å². The minimum Gasteiger partial charge on any atom is -0.298 e. The van der Waals surface area contributed by atoms with Crippen LogP contribution >= 0.6 is 0 Å². The van der Waals surface area contributed by atoms with E-state index in [1.807, 2.05) is 0 Å². The maximum Gasteiger partial charge on any atom is 0.147 e. The van der Waals surface area contributed by atoms with E-state index in [-0.39, 0.29) is 11.8 Å². The summed E-state index contributed by atoms with van der Waals surface area (Å²) < 4.78 is 0. The summed E-state index contributed by atoms with van der Waals surface area (Å²) in [5, 5.41) is 0. The van der Waals surface area contributed by atoms with Crippen molar-refractivity contribution in [1.82, 2.24) is 0 Å². The maximum absolute atomic E-state index is 12.7. The molecule has 4 bridgehead atoms. The average Bonchev–Trinajstić information content (AvgIpc) is 3.06. The molecular formula is C22H18O. The zero-order valence-corrected chi connectivity index (χ0v) is 12.9. The topological polar surface area (TPSA) is 17.1 Å². The molecule has 1 fully saturated rings. The zero-order valence-electron chi connectivity index (χ0n) is 12.9. The maximum atomic E-state index is 12.7. The molecule has 5 rings (SSSR count). The Kier molecular flexibility index (Phi) is 2.72. The number of rotatable bonds is 2. The Morgan fingerprint density at radius 3 is 1.52 bits per heavy atom. The van der Waals surface area contributed by atoms with Gasteiger partial charge in [0.15, 0.2) is 0 Å². The van der Waals surface area contributed by atoms with Crippen LogP contribution in [-0.4, -0.2) is 5.78 Å². The van der Waals surface area contributed by atoms with Gasteiger partial charge in [-0.1, -0.05) is 72.8 Å². The van der Waals surface area contributed by atoms with Crippen LogP contribution in [0, 0.1) is 23.7 Å². The monoisotopic (exact) mass is 298 g/mol. The van der Waals surface area contributed by atoms with Gasteiger partial charge >= 0.3 is 0 Å². The minimum absolute atomic E-state index is 0.0904. The Bertz CT molecular complexity index is 761. The summed E-state index contributed by atoms with van der Waals surface area (Å²) >= 11 is 0. The third kappa shape index (κ3) is 1.77. The first-order chi connectivity index (χ1) is 11.3. The van der Waals surface area contributed by atoms with E-state index >= 15 is 0 Å². The number of Topliss-reactive ketones (excluding diaryl/α,β-unsaturated/α-hetero) is 1. The van der Waals surface area contributed by atoms with Crippen LogP contribution in [-0.2, 0) is 4.79 Å². The number of carbonyl (C=O) groups excluding carboxylic acids is 1. The third-order valence-electron chi connectivity index (χ3n) is 5.76. The van der Waals surface area contributed by atoms with E-state index in [0.717, 1.165) is 6.42 Å². The number of benzene rings is 2. The Labute approximate surface area is 136 Å². The Balaban J connectivity index is 1.76. The molecule has 0 radical (unpaired) electrons. The summed E-state index contributed by atoms with van der Waals surface area (Å²) in [6.45, 7) is 0. The van der Waals surface area contributed by atoms with Gasteiger partial charge in [-0.15, -0.1) is 0 Å². The summed E-state index contributed by atoms with van der Waals surface area (Å²) in [4.78, 5) is 12.7. The molecule has 1 nitrogen and oxygen atoms in total. The summed E-state index contributed by atoms with van der Waals surface area (Å²) in [7, 11) is 0. The van der Waals surface area contributed by atoms with Crippen LogP contribution in [0.1, 0.15) is 17.5 Å². The van der Waals surface area contributed by atoms with Crippen molar-refractivity contribution in [2.75, 3.05) is 0 Å². The fourth-order valence-electron chi connectivity index (χ4n) is 4.85. The van der Waals surface area contributed by atoms with E-state index in [1.54, 1.807) is 0 Å². The Morgan fingerprint density at radius 1 is 0.652 bits per heavy atom. The van der Waals surface area contributed by atoms with Gasteiger partial charge in [-0.2, -0.15) is 0 Å². The largest absolute Gasteiger partial charge is 0.298 e. The first-order valence-electron chi connectivity index (χ1n) is 8.41. The molecule has 1 saturated carbocycles. The number of carbonyl (C=O) groups is 1. The molecule has 0 N–H and O–H groups in total. The first-order valence-corrected chi connectivity index (χ1v) is 8.41. The van der Waals surface area contributed by atoms with E-state index in [1.165, 1.54) is 22.3 Å². The van der Waals surface area contributed by atoms with Crippen molar-refractivity contribution in [2.24, 2.45) is 23.7 Å². The minimum atomic E-state index is 0.0904. The zero-order chi connectivity index (χ0) is 15.4. The summed E-state index contributed by atoms with van der Waals surface area (Å²) in [6, 6.07) is 21.3. The van der Waals surface area contributed by atoms with E-state index in [0.29, 0.717) is 17.6 Å². The van der Waals surface area contributed by atoms with Gasteiger partial charge in [0, 0.05) is 11.8 Å². The second-order valence-electron chi connectivity index (χ2n) is 6.85. The van der Waals surface area contributed by atoms with E-state index in [2.05, 4.69) is 72.8 Å². The van der Waals surface area contributed by atoms with Gasteiger partial charge in [-0.05, 0) is 40.5 Å². The molecule has 0 heterocycles. The second-order valence-corrected chi connectivity index (χ2v) is 6.85. The van der Waals surface area contributed by atoms with Crippen molar-refractivity contribution < 1.29 is 4.79 Å². The smallest absolute Gasteiger partial charge is 0.147 e. The highest BCUT2D eigenvalue weighted by molar-refractivity contribution is 6.04. The lowest BCUT2D eigenvalue weighted by Gasteiger charge is -2.28. The quantitative estimate of drug-likeness (QED) is 0.739. The van der Waals surface area contributed by atoms with Crippen molar-refractivity contribution >= 4 is 16.9 Å². The molecule has 0 aliphatic heterocycles. The molecule has 0 amide bonds. The van der Waals surface area contributed by atoms with Gasteiger partial charge in [0.05, 0.1) is 0 Å².